The van der Waals surface area contributed by atoms with Crippen LogP contribution in [0.4, 0.5) is 5.00 Å². The van der Waals surface area contributed by atoms with Crippen LogP contribution in [-0.4, -0.2) is 28.9 Å². The quantitative estimate of drug-likeness (QED) is 0.684. The number of nitrogens with one attached hydrogen (secondary N) is 2. The molecular weight excluding hydrogens is 304 g/mol. The Hall–Kier alpha value is -1.89. The van der Waals surface area contributed by atoms with Crippen molar-refractivity contribution in [2.24, 2.45) is 0 Å². The Morgan fingerprint density at radius 1 is 1.27 bits per heavy atom. The Kier molecular flexibility index (Phi) is 7.04. The van der Waals surface area contributed by atoms with E-state index in [1.165, 1.54) is 11.3 Å². The molecule has 6 nitrogen and oxygen atoms in total. The van der Waals surface area contributed by atoms with Crippen LogP contribution < -0.4 is 10.6 Å². The first-order valence-corrected chi connectivity index (χ1v) is 8.14. The zero-order valence-electron chi connectivity index (χ0n) is 13.1. The minimum atomic E-state index is -1.06. The van der Waals surface area contributed by atoms with Crippen molar-refractivity contribution in [3.63, 3.8) is 0 Å². The number of rotatable bonds is 8. The molecule has 0 radical (unpaired) electrons. The number of aliphatic carboxylic acids is 1. The summed E-state index contributed by atoms with van der Waals surface area (Å²) in [4.78, 5) is 36.0. The van der Waals surface area contributed by atoms with E-state index in [1.54, 1.807) is 6.07 Å². The fourth-order valence-electron chi connectivity index (χ4n) is 1.97. The Balaban J connectivity index is 2.88. The summed E-state index contributed by atoms with van der Waals surface area (Å²) in [6.07, 6.45) is 2.11. The van der Waals surface area contributed by atoms with Crippen LogP contribution in [0.3, 0.4) is 0 Å². The second-order valence-corrected chi connectivity index (χ2v) is 6.31. The number of carboxylic acids is 1. The lowest BCUT2D eigenvalue weighted by Gasteiger charge is -2.13. The lowest BCUT2D eigenvalue weighted by Crippen LogP contribution is -2.40. The summed E-state index contributed by atoms with van der Waals surface area (Å²) in [5, 5.41) is 14.8. The average molecular weight is 326 g/mol. The van der Waals surface area contributed by atoms with Crippen LogP contribution in [0.5, 0.6) is 0 Å². The van der Waals surface area contributed by atoms with Gasteiger partial charge in [-0.1, -0.05) is 20.3 Å². The first-order chi connectivity index (χ1) is 10.4. The van der Waals surface area contributed by atoms with Crippen LogP contribution in [0.15, 0.2) is 6.07 Å². The second kappa shape index (κ2) is 8.53. The van der Waals surface area contributed by atoms with Crippen molar-refractivity contribution in [2.75, 3.05) is 5.32 Å². The first-order valence-electron chi connectivity index (χ1n) is 7.32. The Morgan fingerprint density at radius 2 is 1.95 bits per heavy atom. The molecule has 1 atom stereocenters. The number of hydrogen-bond acceptors (Lipinski definition) is 4. The van der Waals surface area contributed by atoms with Crippen LogP contribution in [-0.2, 0) is 9.59 Å². The van der Waals surface area contributed by atoms with Crippen LogP contribution >= 0.6 is 11.3 Å². The second-order valence-electron chi connectivity index (χ2n) is 5.05. The molecule has 0 bridgehead atoms. The smallest absolute Gasteiger partial charge is 0.326 e. The van der Waals surface area contributed by atoms with Gasteiger partial charge in [0.2, 0.25) is 5.91 Å². The van der Waals surface area contributed by atoms with Gasteiger partial charge in [0.25, 0.3) is 5.91 Å². The van der Waals surface area contributed by atoms with Crippen LogP contribution in [0.2, 0.25) is 0 Å². The van der Waals surface area contributed by atoms with Gasteiger partial charge in [-0.25, -0.2) is 4.79 Å². The van der Waals surface area contributed by atoms with Crippen LogP contribution in [0.1, 0.15) is 54.8 Å². The molecule has 1 heterocycles. The minimum absolute atomic E-state index is 0.151. The van der Waals surface area contributed by atoms with E-state index in [0.29, 0.717) is 29.8 Å². The van der Waals surface area contributed by atoms with E-state index in [-0.39, 0.29) is 5.91 Å². The van der Waals surface area contributed by atoms with Gasteiger partial charge in [0.1, 0.15) is 11.0 Å². The van der Waals surface area contributed by atoms with Gasteiger partial charge in [-0.3, -0.25) is 9.59 Å². The molecule has 0 aromatic carbocycles. The van der Waals surface area contributed by atoms with Crippen molar-refractivity contribution >= 4 is 34.1 Å². The molecule has 1 unspecified atom stereocenters. The molecule has 2 amide bonds. The summed E-state index contributed by atoms with van der Waals surface area (Å²) >= 11 is 1.31. The molecule has 0 fully saturated rings. The van der Waals surface area contributed by atoms with Gasteiger partial charge >= 0.3 is 5.97 Å². The van der Waals surface area contributed by atoms with E-state index in [4.69, 9.17) is 5.11 Å². The van der Waals surface area contributed by atoms with Crippen molar-refractivity contribution in [2.45, 2.75) is 52.5 Å². The fourth-order valence-corrected chi connectivity index (χ4v) is 2.90. The Labute approximate surface area is 133 Å². The number of carbonyl (C=O) groups excluding carboxylic acids is 2. The van der Waals surface area contributed by atoms with E-state index < -0.39 is 17.9 Å². The summed E-state index contributed by atoms with van der Waals surface area (Å²) in [5.41, 5.74) is 0.314. The standard InChI is InChI=1S/C15H22N2O4S/c1-4-6-11(15(20)21)16-13(19)10-8-9(3)22-14(10)17-12(18)7-5-2/h8,11H,4-7H2,1-3H3,(H,16,19)(H,17,18)(H,20,21). The van der Waals surface area contributed by atoms with Gasteiger partial charge < -0.3 is 15.7 Å². The molecule has 0 aliphatic carbocycles. The lowest BCUT2D eigenvalue weighted by atomic mass is 10.1. The molecule has 1 aromatic heterocycles. The molecule has 7 heteroatoms. The molecule has 0 spiro atoms. The van der Waals surface area contributed by atoms with Crippen molar-refractivity contribution in [3.8, 4) is 0 Å². The summed E-state index contributed by atoms with van der Waals surface area (Å²) in [7, 11) is 0. The third-order valence-electron chi connectivity index (χ3n) is 3.01. The third kappa shape index (κ3) is 5.14. The fraction of sp³-hybridized carbons (Fsp3) is 0.533. The normalized spacial score (nSPS) is 11.8. The number of aryl methyl sites for hydroxylation is 1. The van der Waals surface area contributed by atoms with Crippen molar-refractivity contribution in [1.82, 2.24) is 5.32 Å². The monoisotopic (exact) mass is 326 g/mol. The Bertz CT molecular complexity index is 554. The van der Waals surface area contributed by atoms with Gasteiger partial charge in [0.15, 0.2) is 0 Å². The van der Waals surface area contributed by atoms with Crippen LogP contribution in [0.25, 0.3) is 0 Å². The van der Waals surface area contributed by atoms with E-state index in [1.807, 2.05) is 20.8 Å². The van der Waals surface area contributed by atoms with E-state index in [2.05, 4.69) is 10.6 Å². The number of thiophene rings is 1. The molecule has 0 aliphatic heterocycles. The number of hydrogen-bond donors (Lipinski definition) is 3. The summed E-state index contributed by atoms with van der Waals surface area (Å²) in [6.45, 7) is 5.58. The highest BCUT2D eigenvalue weighted by Gasteiger charge is 2.23. The van der Waals surface area contributed by atoms with Gasteiger partial charge in [-0.15, -0.1) is 11.3 Å². The molecule has 1 aromatic rings. The maximum absolute atomic E-state index is 12.3. The van der Waals surface area contributed by atoms with E-state index in [9.17, 15) is 14.4 Å². The molecule has 0 aliphatic rings. The summed E-state index contributed by atoms with van der Waals surface area (Å²) in [6, 6.07) is 0.740. The average Bonchev–Trinajstić information content (AvgIpc) is 2.79. The predicted octanol–water partition coefficient (Wildman–Crippen LogP) is 2.78. The zero-order valence-corrected chi connectivity index (χ0v) is 13.9. The van der Waals surface area contributed by atoms with Crippen molar-refractivity contribution < 1.29 is 19.5 Å². The van der Waals surface area contributed by atoms with E-state index >= 15 is 0 Å². The number of anilines is 1. The van der Waals surface area contributed by atoms with Gasteiger partial charge in [0.05, 0.1) is 5.56 Å². The van der Waals surface area contributed by atoms with Crippen LogP contribution in [0, 0.1) is 6.92 Å². The maximum atomic E-state index is 12.3. The largest absolute Gasteiger partial charge is 0.480 e. The molecule has 22 heavy (non-hydrogen) atoms. The highest BCUT2D eigenvalue weighted by atomic mass is 32.1. The van der Waals surface area contributed by atoms with Gasteiger partial charge in [-0.2, -0.15) is 0 Å². The molecule has 122 valence electrons. The first kappa shape index (κ1) is 18.2. The highest BCUT2D eigenvalue weighted by Crippen LogP contribution is 2.28. The third-order valence-corrected chi connectivity index (χ3v) is 3.98. The lowest BCUT2D eigenvalue weighted by molar-refractivity contribution is -0.139. The molecule has 0 saturated heterocycles. The van der Waals surface area contributed by atoms with Crippen molar-refractivity contribution in [3.05, 3.63) is 16.5 Å². The number of carbonyl (C=O) groups is 3. The summed E-state index contributed by atoms with van der Waals surface area (Å²) < 4.78 is 0. The van der Waals surface area contributed by atoms with Gasteiger partial charge in [0, 0.05) is 11.3 Å². The number of amides is 2. The molecule has 1 rings (SSSR count). The zero-order chi connectivity index (χ0) is 16.7. The number of carboxylic acid groups (broad SMARTS) is 1. The molecule has 3 N–H and O–H groups in total. The maximum Gasteiger partial charge on any atom is 0.326 e. The predicted molar refractivity (Wildman–Crippen MR) is 86.4 cm³/mol. The SMILES string of the molecule is CCCC(=O)Nc1sc(C)cc1C(=O)NC(CCC)C(=O)O. The topological polar surface area (TPSA) is 95.5 Å². The molecular formula is C15H22N2O4S. The van der Waals surface area contributed by atoms with E-state index in [0.717, 1.165) is 11.3 Å². The Morgan fingerprint density at radius 3 is 2.50 bits per heavy atom. The minimum Gasteiger partial charge on any atom is -0.480 e. The highest BCUT2D eigenvalue weighted by molar-refractivity contribution is 7.16. The molecule has 0 saturated carbocycles. The van der Waals surface area contributed by atoms with Gasteiger partial charge in [-0.05, 0) is 25.8 Å². The van der Waals surface area contributed by atoms with Crippen molar-refractivity contribution in [1.29, 1.82) is 0 Å². The summed E-state index contributed by atoms with van der Waals surface area (Å²) in [5.74, 6) is -1.68.